The molecule has 0 bridgehead atoms. The van der Waals surface area contributed by atoms with Crippen molar-refractivity contribution in [3.63, 3.8) is 0 Å². The number of hydrogen-bond donors (Lipinski definition) is 1. The van der Waals surface area contributed by atoms with E-state index in [2.05, 4.69) is 126 Å². The molecule has 0 saturated carbocycles. The van der Waals surface area contributed by atoms with Gasteiger partial charge in [-0.3, -0.25) is 9.55 Å². The molecule has 2 heterocycles. The number of benzene rings is 6. The van der Waals surface area contributed by atoms with Gasteiger partial charge in [0.05, 0.1) is 27.8 Å². The van der Waals surface area contributed by atoms with Crippen LogP contribution in [-0.2, 0) is 37.3 Å². The molecule has 312 valence electrons. The molecule has 0 aliphatic carbocycles. The van der Waals surface area contributed by atoms with Crippen molar-refractivity contribution in [3.05, 3.63) is 167 Å². The van der Waals surface area contributed by atoms with Gasteiger partial charge in [-0.25, -0.2) is 4.98 Å². The Bertz CT molecular complexity index is 3110. The van der Waals surface area contributed by atoms with E-state index in [0.29, 0.717) is 28.2 Å². The Labute approximate surface area is 382 Å². The second-order valence-electron chi connectivity index (χ2n) is 19.1. The summed E-state index contributed by atoms with van der Waals surface area (Å²) in [6.45, 7) is 22.8. The molecule has 2 aromatic heterocycles. The smallest absolute Gasteiger partial charge is 0.148 e. The van der Waals surface area contributed by atoms with Gasteiger partial charge in [0.25, 0.3) is 0 Å². The largest absolute Gasteiger partial charge is 0.507 e. The molecule has 0 amide bonds. The molecule has 0 spiro atoms. The van der Waals surface area contributed by atoms with Gasteiger partial charge in [0.1, 0.15) is 11.6 Å². The van der Waals surface area contributed by atoms with Gasteiger partial charge in [-0.15, -0.1) is 29.3 Å². The summed E-state index contributed by atoms with van der Waals surface area (Å²) in [4.78, 5) is 10.3. The van der Waals surface area contributed by atoms with Crippen molar-refractivity contribution >= 4 is 11.0 Å². The zero-order valence-corrected chi connectivity index (χ0v) is 39.3. The maximum atomic E-state index is 12.0. The van der Waals surface area contributed by atoms with Gasteiger partial charge in [-0.2, -0.15) is 0 Å². The first kappa shape index (κ1) is 38.4. The Balaban J connectivity index is 0.00000630. The van der Waals surface area contributed by atoms with E-state index in [9.17, 15) is 5.11 Å². The summed E-state index contributed by atoms with van der Waals surface area (Å²) < 4.78 is 38.1. The molecule has 8 rings (SSSR count). The van der Waals surface area contributed by atoms with E-state index in [4.69, 9.17) is 15.5 Å². The van der Waals surface area contributed by atoms with Crippen LogP contribution in [0.15, 0.2) is 133 Å². The monoisotopic (exact) mass is 985 g/mol. The molecule has 0 aliphatic rings. The topological polar surface area (TPSA) is 50.9 Å². The average Bonchev–Trinajstić information content (AvgIpc) is 3.62. The van der Waals surface area contributed by atoms with Crippen LogP contribution in [-0.4, -0.2) is 19.6 Å². The van der Waals surface area contributed by atoms with Crippen LogP contribution in [0.3, 0.4) is 0 Å². The van der Waals surface area contributed by atoms with E-state index < -0.39 is 5.41 Å². The quantitative estimate of drug-likeness (QED) is 0.169. The third-order valence-electron chi connectivity index (χ3n) is 11.3. The predicted molar refractivity (Wildman–Crippen MR) is 252 cm³/mol. The summed E-state index contributed by atoms with van der Waals surface area (Å²) >= 11 is 0. The van der Waals surface area contributed by atoms with E-state index >= 15 is 0 Å². The average molecular weight is 986 g/mol. The van der Waals surface area contributed by atoms with E-state index in [1.54, 1.807) is 12.3 Å². The van der Waals surface area contributed by atoms with Crippen molar-refractivity contribution in [2.24, 2.45) is 0 Å². The molecule has 61 heavy (non-hydrogen) atoms. The number of para-hydroxylation sites is 1. The van der Waals surface area contributed by atoms with Crippen molar-refractivity contribution < 1.29 is 31.7 Å². The van der Waals surface area contributed by atoms with Gasteiger partial charge in [0.2, 0.25) is 0 Å². The molecule has 6 aromatic carbocycles. The minimum atomic E-state index is -0.569. The predicted octanol–water partition coefficient (Wildman–Crippen LogP) is 14.8. The summed E-state index contributed by atoms with van der Waals surface area (Å²) in [5.74, 6) is 0.804. The van der Waals surface area contributed by atoms with Crippen LogP contribution in [0.4, 0.5) is 0 Å². The maximum absolute atomic E-state index is 12.0. The molecule has 8 aromatic rings. The second-order valence-corrected chi connectivity index (χ2v) is 19.1. The standard InChI is InChI=1S/C56H56N3O.Pt/c1-35-20-25-49(46(28-35)38-16-13-12-14-17-38)59-50-19-15-18-45(51(50)58-53(59)47-34-43(55(6,7)8)29-36(2)52(47)60)40-30-41(32-44(31-40)56(9,10)11)48-33-39(26-27-57-48)37-21-23-42(24-22-37)54(3,4)5;/h12-29,31-34,60H,1-11H3;/q-1;/i21D,22D,23D,24D;. The molecule has 0 aliphatic heterocycles. The number of rotatable bonds is 6. The molecule has 0 atom stereocenters. The van der Waals surface area contributed by atoms with Gasteiger partial charge < -0.3 is 5.11 Å². The molecule has 4 nitrogen and oxygen atoms in total. The normalized spacial score (nSPS) is 13.0. The Morgan fingerprint density at radius 1 is 0.590 bits per heavy atom. The fraction of sp³-hybridized carbons (Fsp3) is 0.250. The first-order chi connectivity index (χ1) is 30.0. The Morgan fingerprint density at radius 3 is 1.92 bits per heavy atom. The van der Waals surface area contributed by atoms with Crippen molar-refractivity contribution in [1.82, 2.24) is 14.5 Å². The molecule has 5 heteroatoms. The Morgan fingerprint density at radius 2 is 1.25 bits per heavy atom. The molecule has 0 unspecified atom stereocenters. The molecule has 0 fully saturated rings. The van der Waals surface area contributed by atoms with Crippen LogP contribution in [0, 0.1) is 19.9 Å². The van der Waals surface area contributed by atoms with E-state index in [0.717, 1.165) is 66.8 Å². The minimum absolute atomic E-state index is 0. The van der Waals surface area contributed by atoms with Crippen molar-refractivity contribution in [2.75, 3.05) is 0 Å². The summed E-state index contributed by atoms with van der Waals surface area (Å²) in [7, 11) is 0. The van der Waals surface area contributed by atoms with Crippen LogP contribution >= 0.6 is 0 Å². The van der Waals surface area contributed by atoms with E-state index in [-0.39, 0.29) is 67.4 Å². The first-order valence-corrected chi connectivity index (χ1v) is 20.7. The number of imidazole rings is 1. The summed E-state index contributed by atoms with van der Waals surface area (Å²) in [5, 5.41) is 12.0. The fourth-order valence-electron chi connectivity index (χ4n) is 7.67. The number of aryl methyl sites for hydroxylation is 2. The van der Waals surface area contributed by atoms with Crippen molar-refractivity contribution in [1.29, 1.82) is 0 Å². The van der Waals surface area contributed by atoms with Crippen LogP contribution in [0.5, 0.6) is 5.75 Å². The second kappa shape index (κ2) is 16.4. The van der Waals surface area contributed by atoms with Gasteiger partial charge in [-0.1, -0.05) is 164 Å². The first-order valence-electron chi connectivity index (χ1n) is 22.7. The number of fused-ring (bicyclic) bond motifs is 1. The van der Waals surface area contributed by atoms with Gasteiger partial charge in [0, 0.05) is 38.5 Å². The van der Waals surface area contributed by atoms with Gasteiger partial charge in [-0.05, 0) is 93.8 Å². The van der Waals surface area contributed by atoms with Crippen LogP contribution < -0.4 is 0 Å². The Kier molecular flexibility index (Phi) is 10.3. The van der Waals surface area contributed by atoms with E-state index in [1.165, 1.54) is 0 Å². The SMILES string of the molecule is [2H]c1c([2H])c(C(C)(C)C)c([2H])c([2H])c1-c1ccnc(-c2[c-]c(-c3cccc4c3nc(-c3cc(C(C)(C)C)cc(C)c3O)n4-c3ccc(C)cc3-c3ccccc3)cc(C(C)(C)C)c2)c1.[Pt]. The molecular weight excluding hydrogens is 926 g/mol. The van der Waals surface area contributed by atoms with Crippen molar-refractivity contribution in [2.45, 2.75) is 92.4 Å². The number of nitrogens with zero attached hydrogens (tertiary/aromatic N) is 3. The third-order valence-corrected chi connectivity index (χ3v) is 11.3. The number of aromatic nitrogens is 3. The molecular formula is C56H56N3OPt-. The number of phenolic OH excluding ortho intramolecular Hbond substituents is 1. The number of aromatic hydroxyl groups is 1. The van der Waals surface area contributed by atoms with Crippen LogP contribution in [0.2, 0.25) is 0 Å². The zero-order valence-electron chi connectivity index (χ0n) is 41.0. The molecule has 0 saturated heterocycles. The van der Waals surface area contributed by atoms with E-state index in [1.807, 2.05) is 58.0 Å². The number of pyridine rings is 1. The molecule has 0 radical (unpaired) electrons. The summed E-state index contributed by atoms with van der Waals surface area (Å²) in [6, 6.07) is 38.5. The Hall–Kier alpha value is -5.57. The zero-order chi connectivity index (χ0) is 46.2. The van der Waals surface area contributed by atoms with Crippen LogP contribution in [0.25, 0.3) is 72.7 Å². The summed E-state index contributed by atoms with van der Waals surface area (Å²) in [6.07, 6.45) is 1.66. The summed E-state index contributed by atoms with van der Waals surface area (Å²) in [5.41, 5.74) is 12.5. The van der Waals surface area contributed by atoms with Crippen molar-refractivity contribution in [3.8, 4) is 67.5 Å². The minimum Gasteiger partial charge on any atom is -0.507 e. The van der Waals surface area contributed by atoms with Gasteiger partial charge in [0.15, 0.2) is 0 Å². The van der Waals surface area contributed by atoms with Gasteiger partial charge >= 0.3 is 0 Å². The third kappa shape index (κ3) is 8.66. The number of phenols is 1. The molecule has 1 N–H and O–H groups in total. The fourth-order valence-corrected chi connectivity index (χ4v) is 7.67. The maximum Gasteiger partial charge on any atom is 0.148 e. The number of hydrogen-bond acceptors (Lipinski definition) is 3. The van der Waals surface area contributed by atoms with Crippen LogP contribution in [0.1, 0.15) is 95.6 Å².